The summed E-state index contributed by atoms with van der Waals surface area (Å²) in [6.45, 7) is 0.526. The molecule has 0 bridgehead atoms. The first-order valence-electron chi connectivity index (χ1n) is 8.23. The Morgan fingerprint density at radius 2 is 2.00 bits per heavy atom. The SMILES string of the molecule is O=[N+]([O-])c1c(C2CC2)nn([C@H]2CC[C@@H]2OCc2ccccc2)c1Cl. The van der Waals surface area contributed by atoms with Gasteiger partial charge in [-0.05, 0) is 31.2 Å². The Morgan fingerprint density at radius 3 is 2.58 bits per heavy atom. The van der Waals surface area contributed by atoms with Gasteiger partial charge >= 0.3 is 5.69 Å². The Kier molecular flexibility index (Phi) is 4.02. The zero-order chi connectivity index (χ0) is 16.7. The molecular weight excluding hydrogens is 330 g/mol. The largest absolute Gasteiger partial charge is 0.371 e. The van der Waals surface area contributed by atoms with E-state index in [-0.39, 0.29) is 28.9 Å². The molecule has 2 fully saturated rings. The highest BCUT2D eigenvalue weighted by molar-refractivity contribution is 6.31. The van der Waals surface area contributed by atoms with Crippen LogP contribution >= 0.6 is 11.6 Å². The highest BCUT2D eigenvalue weighted by Crippen LogP contribution is 2.48. The van der Waals surface area contributed by atoms with Gasteiger partial charge < -0.3 is 4.74 Å². The fourth-order valence-electron chi connectivity index (χ4n) is 3.15. The van der Waals surface area contributed by atoms with Crippen LogP contribution in [0.15, 0.2) is 30.3 Å². The lowest BCUT2D eigenvalue weighted by atomic mass is 9.89. The minimum atomic E-state index is -0.405. The number of benzene rings is 1. The van der Waals surface area contributed by atoms with Gasteiger partial charge in [-0.2, -0.15) is 5.10 Å². The van der Waals surface area contributed by atoms with Crippen molar-refractivity contribution in [1.29, 1.82) is 0 Å². The van der Waals surface area contributed by atoms with Gasteiger partial charge in [0.2, 0.25) is 5.15 Å². The molecule has 2 aliphatic rings. The molecule has 24 heavy (non-hydrogen) atoms. The molecule has 0 saturated heterocycles. The maximum atomic E-state index is 11.3. The molecule has 2 aliphatic carbocycles. The first kappa shape index (κ1) is 15.6. The van der Waals surface area contributed by atoms with Crippen molar-refractivity contribution in [3.63, 3.8) is 0 Å². The van der Waals surface area contributed by atoms with Crippen molar-refractivity contribution in [3.05, 3.63) is 56.9 Å². The summed E-state index contributed by atoms with van der Waals surface area (Å²) in [7, 11) is 0. The van der Waals surface area contributed by atoms with Crippen molar-refractivity contribution >= 4 is 17.3 Å². The number of ether oxygens (including phenoxy) is 1. The first-order valence-corrected chi connectivity index (χ1v) is 8.60. The molecule has 0 spiro atoms. The summed E-state index contributed by atoms with van der Waals surface area (Å²) < 4.78 is 7.60. The molecule has 0 amide bonds. The summed E-state index contributed by atoms with van der Waals surface area (Å²) in [5.41, 5.74) is 1.63. The molecule has 2 atom stereocenters. The van der Waals surface area contributed by atoms with Crippen molar-refractivity contribution in [2.45, 2.75) is 50.4 Å². The van der Waals surface area contributed by atoms with E-state index in [0.29, 0.717) is 12.3 Å². The maximum Gasteiger partial charge on any atom is 0.329 e. The Balaban J connectivity index is 1.51. The summed E-state index contributed by atoms with van der Waals surface area (Å²) in [5.74, 6) is 0.188. The number of hydrogen-bond acceptors (Lipinski definition) is 4. The van der Waals surface area contributed by atoms with Crippen LogP contribution in [0.2, 0.25) is 5.15 Å². The molecule has 0 unspecified atom stereocenters. The van der Waals surface area contributed by atoms with E-state index in [9.17, 15) is 10.1 Å². The third kappa shape index (κ3) is 2.80. The van der Waals surface area contributed by atoms with Gasteiger partial charge in [0.05, 0.1) is 23.7 Å². The van der Waals surface area contributed by atoms with Crippen LogP contribution in [-0.2, 0) is 11.3 Å². The minimum Gasteiger partial charge on any atom is -0.371 e. The Morgan fingerprint density at radius 1 is 1.25 bits per heavy atom. The number of nitrogens with zero attached hydrogens (tertiary/aromatic N) is 3. The van der Waals surface area contributed by atoms with Crippen molar-refractivity contribution in [3.8, 4) is 0 Å². The quantitative estimate of drug-likeness (QED) is 0.578. The zero-order valence-corrected chi connectivity index (χ0v) is 13.9. The molecule has 0 radical (unpaired) electrons. The van der Waals surface area contributed by atoms with E-state index in [1.165, 1.54) is 0 Å². The van der Waals surface area contributed by atoms with E-state index in [4.69, 9.17) is 16.3 Å². The molecule has 1 heterocycles. The molecule has 0 N–H and O–H groups in total. The summed E-state index contributed by atoms with van der Waals surface area (Å²) >= 11 is 6.29. The summed E-state index contributed by atoms with van der Waals surface area (Å²) in [6.07, 6.45) is 3.69. The average Bonchev–Trinajstić information content (AvgIpc) is 3.33. The van der Waals surface area contributed by atoms with Crippen LogP contribution in [0.25, 0.3) is 0 Å². The van der Waals surface area contributed by atoms with Crippen molar-refractivity contribution in [1.82, 2.24) is 9.78 Å². The number of hydrogen-bond donors (Lipinski definition) is 0. The second-order valence-electron chi connectivity index (χ2n) is 6.48. The smallest absolute Gasteiger partial charge is 0.329 e. The molecular formula is C17H18ClN3O3. The lowest BCUT2D eigenvalue weighted by Gasteiger charge is -2.36. The third-order valence-corrected chi connectivity index (χ3v) is 5.15. The fourth-order valence-corrected chi connectivity index (χ4v) is 3.47. The first-order chi connectivity index (χ1) is 11.6. The Labute approximate surface area is 144 Å². The van der Waals surface area contributed by atoms with E-state index in [1.54, 1.807) is 4.68 Å². The van der Waals surface area contributed by atoms with Gasteiger partial charge in [-0.25, -0.2) is 4.68 Å². The fraction of sp³-hybridized carbons (Fsp3) is 0.471. The minimum absolute atomic E-state index is 0.00531. The summed E-state index contributed by atoms with van der Waals surface area (Å²) in [5, 5.41) is 16.0. The Hall–Kier alpha value is -1.92. The van der Waals surface area contributed by atoms with Crippen LogP contribution < -0.4 is 0 Å². The van der Waals surface area contributed by atoms with Gasteiger partial charge in [-0.3, -0.25) is 10.1 Å². The molecule has 2 aromatic rings. The maximum absolute atomic E-state index is 11.3. The average molecular weight is 348 g/mol. The monoisotopic (exact) mass is 347 g/mol. The second kappa shape index (κ2) is 6.18. The van der Waals surface area contributed by atoms with Gasteiger partial charge in [0, 0.05) is 5.92 Å². The van der Waals surface area contributed by atoms with E-state index in [0.717, 1.165) is 31.2 Å². The van der Waals surface area contributed by atoms with E-state index in [2.05, 4.69) is 5.10 Å². The zero-order valence-electron chi connectivity index (χ0n) is 13.1. The summed E-state index contributed by atoms with van der Waals surface area (Å²) in [6, 6.07) is 9.94. The van der Waals surface area contributed by atoms with Crippen LogP contribution in [0.1, 0.15) is 48.9 Å². The van der Waals surface area contributed by atoms with Crippen molar-refractivity contribution < 1.29 is 9.66 Å². The van der Waals surface area contributed by atoms with Gasteiger partial charge in [0.1, 0.15) is 5.69 Å². The number of halogens is 1. The molecule has 1 aromatic carbocycles. The highest BCUT2D eigenvalue weighted by atomic mass is 35.5. The van der Waals surface area contributed by atoms with Crippen LogP contribution in [0.4, 0.5) is 5.69 Å². The van der Waals surface area contributed by atoms with E-state index < -0.39 is 4.92 Å². The molecule has 4 rings (SSSR count). The van der Waals surface area contributed by atoms with Crippen molar-refractivity contribution in [2.24, 2.45) is 0 Å². The van der Waals surface area contributed by atoms with Crippen LogP contribution in [0, 0.1) is 10.1 Å². The standard InChI is InChI=1S/C17H18ClN3O3/c18-17-16(21(22)23)15(12-6-7-12)19-20(17)13-8-9-14(13)24-10-11-4-2-1-3-5-11/h1-5,12-14H,6-10H2/t13-,14-/m0/s1. The number of aromatic nitrogens is 2. The molecule has 2 saturated carbocycles. The van der Waals surface area contributed by atoms with Gasteiger partial charge in [-0.15, -0.1) is 0 Å². The second-order valence-corrected chi connectivity index (χ2v) is 6.84. The van der Waals surface area contributed by atoms with Crippen LogP contribution in [-0.4, -0.2) is 20.8 Å². The lowest BCUT2D eigenvalue weighted by molar-refractivity contribution is -0.385. The highest BCUT2D eigenvalue weighted by Gasteiger charge is 2.42. The van der Waals surface area contributed by atoms with Crippen LogP contribution in [0.3, 0.4) is 0 Å². The van der Waals surface area contributed by atoms with E-state index in [1.807, 2.05) is 30.3 Å². The summed E-state index contributed by atoms with van der Waals surface area (Å²) in [4.78, 5) is 10.9. The van der Waals surface area contributed by atoms with E-state index >= 15 is 0 Å². The third-order valence-electron chi connectivity index (χ3n) is 4.80. The lowest BCUT2D eigenvalue weighted by Crippen LogP contribution is -2.36. The Bertz CT molecular complexity index is 758. The van der Waals surface area contributed by atoms with Crippen molar-refractivity contribution in [2.75, 3.05) is 0 Å². The number of nitro groups is 1. The topological polar surface area (TPSA) is 70.2 Å². The molecule has 126 valence electrons. The molecule has 0 aliphatic heterocycles. The predicted molar refractivity (Wildman–Crippen MR) is 89.2 cm³/mol. The van der Waals surface area contributed by atoms with Gasteiger partial charge in [-0.1, -0.05) is 41.9 Å². The van der Waals surface area contributed by atoms with Gasteiger partial charge in [0.25, 0.3) is 0 Å². The normalized spacial score (nSPS) is 23.0. The number of rotatable bonds is 6. The van der Waals surface area contributed by atoms with Gasteiger partial charge in [0.15, 0.2) is 0 Å². The predicted octanol–water partition coefficient (Wildman–Crippen LogP) is 4.24. The molecule has 7 heteroatoms. The molecule has 6 nitrogen and oxygen atoms in total. The molecule has 1 aromatic heterocycles. The van der Waals surface area contributed by atoms with Crippen LogP contribution in [0.5, 0.6) is 0 Å².